The summed E-state index contributed by atoms with van der Waals surface area (Å²) in [4.78, 5) is 22.9. The normalized spacial score (nSPS) is 35.5. The van der Waals surface area contributed by atoms with E-state index >= 15 is 0 Å². The Morgan fingerprint density at radius 3 is 3.06 bits per heavy atom. The number of rotatable bonds is 2. The van der Waals surface area contributed by atoms with Crippen molar-refractivity contribution in [1.29, 1.82) is 0 Å². The van der Waals surface area contributed by atoms with Crippen LogP contribution < -0.4 is 5.32 Å². The Hall–Kier alpha value is -2.04. The van der Waals surface area contributed by atoms with E-state index in [1.807, 2.05) is 12.2 Å². The maximum atomic E-state index is 11.7. The van der Waals surface area contributed by atoms with Crippen LogP contribution in [0, 0.1) is 5.92 Å². The summed E-state index contributed by atoms with van der Waals surface area (Å²) < 4.78 is 10.3. The number of ether oxygens (including phenoxy) is 2. The van der Waals surface area contributed by atoms with Gasteiger partial charge in [-0.15, -0.1) is 0 Å². The van der Waals surface area contributed by atoms with Crippen LogP contribution in [0.1, 0.15) is 13.3 Å². The number of fused-ring (bicyclic) bond motifs is 1. The Morgan fingerprint density at radius 2 is 2.33 bits per heavy atom. The van der Waals surface area contributed by atoms with Gasteiger partial charge < -0.3 is 14.8 Å². The molecule has 1 aliphatic carbocycles. The molecule has 3 aliphatic rings. The van der Waals surface area contributed by atoms with Crippen molar-refractivity contribution < 1.29 is 19.1 Å². The van der Waals surface area contributed by atoms with Gasteiger partial charge in [0.15, 0.2) is 0 Å². The molecule has 5 heteroatoms. The highest BCUT2D eigenvalue weighted by molar-refractivity contribution is 5.97. The first-order valence-corrected chi connectivity index (χ1v) is 5.87. The zero-order valence-electron chi connectivity index (χ0n) is 9.88. The van der Waals surface area contributed by atoms with Gasteiger partial charge in [0.2, 0.25) is 0 Å². The molecule has 0 aromatic heterocycles. The van der Waals surface area contributed by atoms with Crippen molar-refractivity contribution in [1.82, 2.24) is 5.32 Å². The maximum Gasteiger partial charge on any atom is 0.336 e. The third-order valence-electron chi connectivity index (χ3n) is 3.39. The zero-order valence-corrected chi connectivity index (χ0v) is 9.88. The fourth-order valence-electron chi connectivity index (χ4n) is 2.38. The van der Waals surface area contributed by atoms with Gasteiger partial charge in [0.1, 0.15) is 0 Å². The largest absolute Gasteiger partial charge is 0.458 e. The zero-order chi connectivity index (χ0) is 12.7. The van der Waals surface area contributed by atoms with Crippen molar-refractivity contribution in [3.63, 3.8) is 0 Å². The molecule has 0 bridgehead atoms. The van der Waals surface area contributed by atoms with Crippen LogP contribution in [0.25, 0.3) is 0 Å². The van der Waals surface area contributed by atoms with Crippen LogP contribution >= 0.6 is 0 Å². The van der Waals surface area contributed by atoms with E-state index in [2.05, 4.69) is 5.32 Å². The van der Waals surface area contributed by atoms with Crippen LogP contribution in [-0.4, -0.2) is 24.2 Å². The Morgan fingerprint density at radius 1 is 1.50 bits per heavy atom. The van der Waals surface area contributed by atoms with E-state index in [0.29, 0.717) is 11.1 Å². The van der Waals surface area contributed by atoms with E-state index in [0.717, 1.165) is 6.42 Å². The molecule has 3 atom stereocenters. The summed E-state index contributed by atoms with van der Waals surface area (Å²) in [6.07, 6.45) is 7.16. The van der Waals surface area contributed by atoms with E-state index in [1.165, 1.54) is 6.26 Å². The van der Waals surface area contributed by atoms with Crippen molar-refractivity contribution in [3.8, 4) is 0 Å². The van der Waals surface area contributed by atoms with Crippen molar-refractivity contribution in [2.75, 3.05) is 0 Å². The second kappa shape index (κ2) is 4.01. The Labute approximate surface area is 104 Å². The summed E-state index contributed by atoms with van der Waals surface area (Å²) in [5.74, 6) is -0.353. The average molecular weight is 247 g/mol. The number of carbonyl (C=O) groups is 2. The smallest absolute Gasteiger partial charge is 0.336 e. The molecule has 1 saturated heterocycles. The van der Waals surface area contributed by atoms with Crippen molar-refractivity contribution in [2.45, 2.75) is 25.7 Å². The molecule has 0 aromatic carbocycles. The lowest BCUT2D eigenvalue weighted by molar-refractivity contribution is -0.152. The van der Waals surface area contributed by atoms with E-state index in [-0.39, 0.29) is 23.8 Å². The lowest BCUT2D eigenvalue weighted by Crippen LogP contribution is -2.24. The first kappa shape index (κ1) is 11.1. The number of carbonyl (C=O) groups excluding carboxylic acids is 2. The molecule has 0 aromatic rings. The molecule has 0 unspecified atom stereocenters. The van der Waals surface area contributed by atoms with Crippen LogP contribution in [0.15, 0.2) is 35.6 Å². The molecule has 1 N–H and O–H groups in total. The molecule has 0 spiro atoms. The van der Waals surface area contributed by atoms with Gasteiger partial charge >= 0.3 is 5.97 Å². The first-order chi connectivity index (χ1) is 8.65. The monoisotopic (exact) mass is 247 g/mol. The lowest BCUT2D eigenvalue weighted by Gasteiger charge is -2.10. The number of amides is 1. The molecule has 1 fully saturated rings. The van der Waals surface area contributed by atoms with Gasteiger partial charge in [-0.05, 0) is 13.3 Å². The topological polar surface area (TPSA) is 64.6 Å². The molecule has 2 heterocycles. The van der Waals surface area contributed by atoms with Gasteiger partial charge in [0.05, 0.1) is 17.9 Å². The summed E-state index contributed by atoms with van der Waals surface area (Å²) in [6.45, 7) is 1.66. The standard InChI is InChI=1S/C13H13NO4/c1-7-5-11(18-13(7)16)17-6-9-8-3-2-4-10(8)14-12(9)15/h2,4-6,8,10-11H,3H2,1H3,(H,14,15)/b9-6+/t8-,10-,11-/m0/s1. The molecule has 5 nitrogen and oxygen atoms in total. The Bertz CT molecular complexity index is 503. The van der Waals surface area contributed by atoms with Gasteiger partial charge in [-0.3, -0.25) is 4.79 Å². The molecule has 3 rings (SSSR count). The van der Waals surface area contributed by atoms with Gasteiger partial charge in [-0.25, -0.2) is 4.79 Å². The lowest BCUT2D eigenvalue weighted by atomic mass is 9.99. The van der Waals surface area contributed by atoms with Crippen LogP contribution in [-0.2, 0) is 19.1 Å². The molecule has 0 saturated carbocycles. The van der Waals surface area contributed by atoms with Crippen LogP contribution in [0.4, 0.5) is 0 Å². The number of nitrogens with one attached hydrogen (secondary N) is 1. The van der Waals surface area contributed by atoms with Gasteiger partial charge in [-0.2, -0.15) is 0 Å². The predicted molar refractivity (Wildman–Crippen MR) is 62.0 cm³/mol. The van der Waals surface area contributed by atoms with Gasteiger partial charge in [0.25, 0.3) is 12.2 Å². The molecule has 2 aliphatic heterocycles. The fraction of sp³-hybridized carbons (Fsp3) is 0.385. The van der Waals surface area contributed by atoms with E-state index in [9.17, 15) is 9.59 Å². The Kier molecular flexibility index (Phi) is 2.47. The SMILES string of the molecule is CC1=C[C@@H](O/C=C2/C(=O)N[C@H]3C=CC[C@@H]23)OC1=O. The molecular weight excluding hydrogens is 234 g/mol. The molecule has 94 valence electrons. The van der Waals surface area contributed by atoms with Gasteiger partial charge in [0, 0.05) is 17.6 Å². The quantitative estimate of drug-likeness (QED) is 0.339. The summed E-state index contributed by atoms with van der Waals surface area (Å²) >= 11 is 0. The third kappa shape index (κ3) is 1.72. The first-order valence-electron chi connectivity index (χ1n) is 5.87. The minimum absolute atomic E-state index is 0.0794. The van der Waals surface area contributed by atoms with E-state index in [1.54, 1.807) is 13.0 Å². The highest BCUT2D eigenvalue weighted by atomic mass is 16.7. The number of hydrogen-bond donors (Lipinski definition) is 1. The number of cyclic esters (lactones) is 1. The van der Waals surface area contributed by atoms with Crippen molar-refractivity contribution in [3.05, 3.63) is 35.6 Å². The highest BCUT2D eigenvalue weighted by Gasteiger charge is 2.38. The number of esters is 1. The summed E-state index contributed by atoms with van der Waals surface area (Å²) in [5.41, 5.74) is 1.13. The maximum absolute atomic E-state index is 11.7. The minimum atomic E-state index is -0.716. The highest BCUT2D eigenvalue weighted by Crippen LogP contribution is 2.32. The summed E-state index contributed by atoms with van der Waals surface area (Å²) in [7, 11) is 0. The molecule has 18 heavy (non-hydrogen) atoms. The fourth-order valence-corrected chi connectivity index (χ4v) is 2.38. The minimum Gasteiger partial charge on any atom is -0.458 e. The molecule has 0 radical (unpaired) electrons. The van der Waals surface area contributed by atoms with Crippen LogP contribution in [0.2, 0.25) is 0 Å². The average Bonchev–Trinajstić information content (AvgIpc) is 2.94. The summed E-state index contributed by atoms with van der Waals surface area (Å²) in [5, 5.41) is 2.86. The number of allylic oxidation sites excluding steroid dienone is 1. The van der Waals surface area contributed by atoms with E-state index < -0.39 is 6.29 Å². The van der Waals surface area contributed by atoms with Crippen LogP contribution in [0.3, 0.4) is 0 Å². The predicted octanol–water partition coefficient (Wildman–Crippen LogP) is 0.791. The summed E-state index contributed by atoms with van der Waals surface area (Å²) in [6, 6.07) is 0.0794. The van der Waals surface area contributed by atoms with Crippen molar-refractivity contribution >= 4 is 11.9 Å². The molecular formula is C13H13NO4. The van der Waals surface area contributed by atoms with Gasteiger partial charge in [-0.1, -0.05) is 12.2 Å². The Balaban J connectivity index is 1.70. The van der Waals surface area contributed by atoms with E-state index in [4.69, 9.17) is 9.47 Å². The van der Waals surface area contributed by atoms with Crippen LogP contribution in [0.5, 0.6) is 0 Å². The molecule has 1 amide bonds. The van der Waals surface area contributed by atoms with Crippen molar-refractivity contribution in [2.24, 2.45) is 5.92 Å². The second-order valence-electron chi connectivity index (χ2n) is 4.60. The second-order valence-corrected chi connectivity index (χ2v) is 4.60. The number of hydrogen-bond acceptors (Lipinski definition) is 4. The third-order valence-corrected chi connectivity index (χ3v) is 3.39.